The average molecular weight is 361 g/mol. The summed E-state index contributed by atoms with van der Waals surface area (Å²) >= 11 is 0. The van der Waals surface area contributed by atoms with Crippen LogP contribution in [0.25, 0.3) is 0 Å². The maximum absolute atomic E-state index is 12.2. The van der Waals surface area contributed by atoms with Crippen molar-refractivity contribution < 1.29 is 14.3 Å². The fourth-order valence-electron chi connectivity index (χ4n) is 2.39. The molecule has 27 heavy (non-hydrogen) atoms. The number of benzene rings is 2. The molecular weight excluding hydrogens is 342 g/mol. The molecule has 136 valence electrons. The molecule has 1 amide bonds. The van der Waals surface area contributed by atoms with Crippen LogP contribution in [0, 0.1) is 0 Å². The Hall–Kier alpha value is -3.67. The third-order valence-electron chi connectivity index (χ3n) is 3.71. The van der Waals surface area contributed by atoms with Crippen molar-refractivity contribution in [2.45, 2.75) is 6.92 Å². The number of amides is 1. The lowest BCUT2D eigenvalue weighted by Gasteiger charge is -2.08. The highest BCUT2D eigenvalue weighted by molar-refractivity contribution is 6.02. The summed E-state index contributed by atoms with van der Waals surface area (Å²) < 4.78 is 4.96. The first kappa shape index (κ1) is 18.1. The van der Waals surface area contributed by atoms with Gasteiger partial charge < -0.3 is 15.4 Å². The number of anilines is 3. The topological polar surface area (TPSA) is 80.3 Å². The Balaban J connectivity index is 1.62. The number of rotatable bonds is 6. The molecule has 0 aliphatic carbocycles. The highest BCUT2D eigenvalue weighted by Crippen LogP contribution is 2.17. The molecule has 0 atom stereocenters. The van der Waals surface area contributed by atoms with Gasteiger partial charge in [-0.05, 0) is 55.5 Å². The van der Waals surface area contributed by atoms with E-state index in [-0.39, 0.29) is 11.9 Å². The van der Waals surface area contributed by atoms with Crippen molar-refractivity contribution in [1.29, 1.82) is 0 Å². The number of hydrogen-bond donors (Lipinski definition) is 2. The van der Waals surface area contributed by atoms with Gasteiger partial charge in [-0.1, -0.05) is 18.2 Å². The fourth-order valence-corrected chi connectivity index (χ4v) is 2.39. The van der Waals surface area contributed by atoms with Gasteiger partial charge in [0.05, 0.1) is 24.1 Å². The molecule has 0 saturated heterocycles. The lowest BCUT2D eigenvalue weighted by atomic mass is 10.2. The Morgan fingerprint density at radius 1 is 0.889 bits per heavy atom. The van der Waals surface area contributed by atoms with E-state index in [4.69, 9.17) is 4.74 Å². The van der Waals surface area contributed by atoms with Crippen LogP contribution in [0.15, 0.2) is 72.9 Å². The molecule has 0 radical (unpaired) electrons. The molecule has 1 aromatic heterocycles. The van der Waals surface area contributed by atoms with Gasteiger partial charge in [0.2, 0.25) is 0 Å². The lowest BCUT2D eigenvalue weighted by molar-refractivity contribution is 0.0526. The molecule has 3 rings (SSSR count). The minimum Gasteiger partial charge on any atom is -0.462 e. The molecule has 0 spiro atoms. The third kappa shape index (κ3) is 4.92. The first-order chi connectivity index (χ1) is 13.2. The molecule has 0 aliphatic rings. The SMILES string of the molecule is CCOC(=O)c1ccc(Nc2ccc(C(=O)Nc3ccccc3)nc2)cc1. The van der Waals surface area contributed by atoms with Gasteiger partial charge in [-0.15, -0.1) is 0 Å². The Morgan fingerprint density at radius 2 is 1.59 bits per heavy atom. The summed E-state index contributed by atoms with van der Waals surface area (Å²) in [5, 5.41) is 5.96. The summed E-state index contributed by atoms with van der Waals surface area (Å²) in [6.07, 6.45) is 1.58. The number of para-hydroxylation sites is 1. The third-order valence-corrected chi connectivity index (χ3v) is 3.71. The van der Waals surface area contributed by atoms with Gasteiger partial charge in [-0.25, -0.2) is 9.78 Å². The molecule has 0 bridgehead atoms. The van der Waals surface area contributed by atoms with Crippen molar-refractivity contribution in [2.24, 2.45) is 0 Å². The highest BCUT2D eigenvalue weighted by atomic mass is 16.5. The van der Waals surface area contributed by atoms with Crippen LogP contribution in [0.4, 0.5) is 17.1 Å². The van der Waals surface area contributed by atoms with Crippen LogP contribution in [0.1, 0.15) is 27.8 Å². The predicted molar refractivity (Wildman–Crippen MR) is 104 cm³/mol. The van der Waals surface area contributed by atoms with Gasteiger partial charge in [0.15, 0.2) is 0 Å². The molecule has 0 saturated carbocycles. The molecule has 2 aromatic carbocycles. The second kappa shape index (κ2) is 8.62. The van der Waals surface area contributed by atoms with Crippen LogP contribution < -0.4 is 10.6 Å². The Kier molecular flexibility index (Phi) is 5.79. The van der Waals surface area contributed by atoms with Gasteiger partial charge in [-0.2, -0.15) is 0 Å². The fraction of sp³-hybridized carbons (Fsp3) is 0.0952. The summed E-state index contributed by atoms with van der Waals surface area (Å²) in [4.78, 5) is 28.0. The Morgan fingerprint density at radius 3 is 2.22 bits per heavy atom. The lowest BCUT2D eigenvalue weighted by Crippen LogP contribution is -2.13. The maximum atomic E-state index is 12.2. The Labute approximate surface area is 157 Å². The monoisotopic (exact) mass is 361 g/mol. The van der Waals surface area contributed by atoms with Gasteiger partial charge >= 0.3 is 5.97 Å². The summed E-state index contributed by atoms with van der Waals surface area (Å²) in [7, 11) is 0. The zero-order chi connectivity index (χ0) is 19.1. The zero-order valence-electron chi connectivity index (χ0n) is 14.8. The Bertz CT molecular complexity index is 908. The van der Waals surface area contributed by atoms with E-state index in [1.54, 1.807) is 49.5 Å². The summed E-state index contributed by atoms with van der Waals surface area (Å²) in [5.74, 6) is -0.619. The average Bonchev–Trinajstić information content (AvgIpc) is 2.70. The maximum Gasteiger partial charge on any atom is 0.338 e. The second-order valence-electron chi connectivity index (χ2n) is 5.68. The number of esters is 1. The predicted octanol–water partition coefficient (Wildman–Crippen LogP) is 4.25. The van der Waals surface area contributed by atoms with Crippen molar-refractivity contribution in [3.63, 3.8) is 0 Å². The number of nitrogens with zero attached hydrogens (tertiary/aromatic N) is 1. The van der Waals surface area contributed by atoms with Crippen LogP contribution in [-0.4, -0.2) is 23.5 Å². The van der Waals surface area contributed by atoms with Crippen molar-refractivity contribution in [1.82, 2.24) is 4.98 Å². The van der Waals surface area contributed by atoms with Crippen molar-refractivity contribution in [3.05, 3.63) is 84.2 Å². The van der Waals surface area contributed by atoms with E-state index in [0.717, 1.165) is 11.4 Å². The second-order valence-corrected chi connectivity index (χ2v) is 5.68. The molecule has 2 N–H and O–H groups in total. The van der Waals surface area contributed by atoms with Crippen LogP contribution in [0.3, 0.4) is 0 Å². The molecule has 3 aromatic rings. The summed E-state index contributed by atoms with van der Waals surface area (Å²) in [6, 6.07) is 19.6. The van der Waals surface area contributed by atoms with Crippen molar-refractivity contribution in [2.75, 3.05) is 17.2 Å². The van der Waals surface area contributed by atoms with E-state index in [2.05, 4.69) is 15.6 Å². The molecular formula is C21H19N3O3. The largest absolute Gasteiger partial charge is 0.462 e. The normalized spacial score (nSPS) is 10.1. The van der Waals surface area contributed by atoms with E-state index in [1.165, 1.54) is 0 Å². The van der Waals surface area contributed by atoms with Crippen LogP contribution in [0.5, 0.6) is 0 Å². The molecule has 0 fully saturated rings. The van der Waals surface area contributed by atoms with E-state index in [1.807, 2.05) is 30.3 Å². The van der Waals surface area contributed by atoms with Crippen LogP contribution >= 0.6 is 0 Å². The van der Waals surface area contributed by atoms with Crippen LogP contribution in [-0.2, 0) is 4.74 Å². The van der Waals surface area contributed by atoms with Crippen LogP contribution in [0.2, 0.25) is 0 Å². The van der Waals surface area contributed by atoms with E-state index in [9.17, 15) is 9.59 Å². The molecule has 6 heteroatoms. The first-order valence-electron chi connectivity index (χ1n) is 8.52. The van der Waals surface area contributed by atoms with Gasteiger partial charge in [-0.3, -0.25) is 4.79 Å². The first-order valence-corrected chi connectivity index (χ1v) is 8.52. The van der Waals surface area contributed by atoms with E-state index in [0.29, 0.717) is 23.6 Å². The number of nitrogens with one attached hydrogen (secondary N) is 2. The summed E-state index contributed by atoms with van der Waals surface area (Å²) in [5.41, 5.74) is 3.06. The number of hydrogen-bond acceptors (Lipinski definition) is 5. The van der Waals surface area contributed by atoms with Crippen molar-refractivity contribution >= 4 is 28.9 Å². The number of pyridine rings is 1. The number of ether oxygens (including phenoxy) is 1. The van der Waals surface area contributed by atoms with E-state index >= 15 is 0 Å². The summed E-state index contributed by atoms with van der Waals surface area (Å²) in [6.45, 7) is 2.11. The highest BCUT2D eigenvalue weighted by Gasteiger charge is 2.08. The number of carbonyl (C=O) groups is 2. The standard InChI is InChI=1S/C21H19N3O3/c1-2-27-21(26)15-8-10-17(11-9-15)23-18-12-13-19(22-14-18)20(25)24-16-6-4-3-5-7-16/h3-14,23H,2H2,1H3,(H,24,25). The molecule has 1 heterocycles. The zero-order valence-corrected chi connectivity index (χ0v) is 14.8. The molecule has 6 nitrogen and oxygen atoms in total. The van der Waals surface area contributed by atoms with Gasteiger partial charge in [0, 0.05) is 11.4 Å². The van der Waals surface area contributed by atoms with Crippen molar-refractivity contribution in [3.8, 4) is 0 Å². The molecule has 0 aliphatic heterocycles. The minimum atomic E-state index is -0.348. The smallest absolute Gasteiger partial charge is 0.338 e. The number of aromatic nitrogens is 1. The van der Waals surface area contributed by atoms with Gasteiger partial charge in [0.25, 0.3) is 5.91 Å². The quantitative estimate of drug-likeness (QED) is 0.642. The molecule has 0 unspecified atom stereocenters. The minimum absolute atomic E-state index is 0.272. The van der Waals surface area contributed by atoms with Gasteiger partial charge in [0.1, 0.15) is 5.69 Å². The number of carbonyl (C=O) groups excluding carboxylic acids is 2. The van der Waals surface area contributed by atoms with E-state index < -0.39 is 0 Å².